The van der Waals surface area contributed by atoms with E-state index in [1.165, 1.54) is 10.9 Å². The Morgan fingerprint density at radius 1 is 1.50 bits per heavy atom. The van der Waals surface area contributed by atoms with Crippen LogP contribution in [0.2, 0.25) is 0 Å². The second-order valence-electron chi connectivity index (χ2n) is 1.97. The highest BCUT2D eigenvalue weighted by molar-refractivity contribution is 5.67. The minimum Gasteiger partial charge on any atom is -0.426 e. The van der Waals surface area contributed by atoms with Crippen molar-refractivity contribution in [2.45, 2.75) is 0 Å². The molecular formula is C5H6N4O. The van der Waals surface area contributed by atoms with Crippen molar-refractivity contribution in [2.75, 3.05) is 11.5 Å². The zero-order chi connectivity index (χ0) is 7.14. The van der Waals surface area contributed by atoms with Gasteiger partial charge >= 0.3 is 0 Å². The first-order valence-electron chi connectivity index (χ1n) is 2.75. The molecule has 0 aliphatic heterocycles. The normalized spacial score (nSPS) is 10.8. The van der Waals surface area contributed by atoms with E-state index in [1.54, 1.807) is 6.07 Å². The molecule has 52 valence electrons. The van der Waals surface area contributed by atoms with Crippen molar-refractivity contribution in [1.29, 1.82) is 0 Å². The van der Waals surface area contributed by atoms with Gasteiger partial charge in [0.2, 0.25) is 12.1 Å². The lowest BCUT2D eigenvalue weighted by atomic mass is 10.5. The average molecular weight is 138 g/mol. The number of nitrogens with zero attached hydrogens (tertiary/aromatic N) is 2. The minimum atomic E-state index is 0.420. The summed E-state index contributed by atoms with van der Waals surface area (Å²) in [5.74, 6) is 0.420. The molecule has 0 bridgehead atoms. The molecule has 0 aliphatic rings. The third-order valence-corrected chi connectivity index (χ3v) is 1.35. The van der Waals surface area contributed by atoms with Gasteiger partial charge in [-0.05, 0) is 0 Å². The molecule has 0 fully saturated rings. The Morgan fingerprint density at radius 3 is 3.00 bits per heavy atom. The maximum atomic E-state index is 5.50. The lowest BCUT2D eigenvalue weighted by Gasteiger charge is -1.86. The van der Waals surface area contributed by atoms with Crippen LogP contribution in [0, 0.1) is 0 Å². The molecule has 10 heavy (non-hydrogen) atoms. The van der Waals surface area contributed by atoms with Gasteiger partial charge in [-0.1, -0.05) is 0 Å². The van der Waals surface area contributed by atoms with E-state index in [-0.39, 0.29) is 0 Å². The van der Waals surface area contributed by atoms with Crippen molar-refractivity contribution >= 4 is 17.2 Å². The summed E-state index contributed by atoms with van der Waals surface area (Å²) in [5, 5.41) is 3.78. The fraction of sp³-hybridized carbons (Fsp3) is 0. The van der Waals surface area contributed by atoms with Crippen LogP contribution in [-0.4, -0.2) is 9.61 Å². The van der Waals surface area contributed by atoms with Gasteiger partial charge in [0.1, 0.15) is 0 Å². The first-order chi connectivity index (χ1) is 4.79. The Balaban J connectivity index is 2.95. The van der Waals surface area contributed by atoms with Crippen LogP contribution in [0.25, 0.3) is 5.71 Å². The molecule has 0 unspecified atom stereocenters. The molecule has 0 spiro atoms. The number of hydrogen-bond donors (Lipinski definition) is 2. The summed E-state index contributed by atoms with van der Waals surface area (Å²) in [6.45, 7) is 0. The minimum absolute atomic E-state index is 0.420. The quantitative estimate of drug-likeness (QED) is 0.540. The summed E-state index contributed by atoms with van der Waals surface area (Å²) >= 11 is 0. The second kappa shape index (κ2) is 1.44. The SMILES string of the molecule is Nc1cc2ocnn2c1N. The lowest BCUT2D eigenvalue weighted by Crippen LogP contribution is -1.95. The molecule has 0 amide bonds. The summed E-state index contributed by atoms with van der Waals surface area (Å²) in [4.78, 5) is 0. The summed E-state index contributed by atoms with van der Waals surface area (Å²) < 4.78 is 6.35. The predicted molar refractivity (Wildman–Crippen MR) is 36.3 cm³/mol. The maximum Gasteiger partial charge on any atom is 0.226 e. The van der Waals surface area contributed by atoms with E-state index in [0.717, 1.165) is 0 Å². The fourth-order valence-corrected chi connectivity index (χ4v) is 0.837. The highest BCUT2D eigenvalue weighted by Gasteiger charge is 2.05. The molecule has 0 radical (unpaired) electrons. The van der Waals surface area contributed by atoms with Gasteiger partial charge in [0, 0.05) is 6.07 Å². The Morgan fingerprint density at radius 2 is 2.30 bits per heavy atom. The smallest absolute Gasteiger partial charge is 0.226 e. The molecule has 5 heteroatoms. The molecule has 0 aromatic carbocycles. The van der Waals surface area contributed by atoms with E-state index in [9.17, 15) is 0 Å². The monoisotopic (exact) mass is 138 g/mol. The summed E-state index contributed by atoms with van der Waals surface area (Å²) in [6, 6.07) is 1.63. The highest BCUT2D eigenvalue weighted by atomic mass is 16.4. The van der Waals surface area contributed by atoms with E-state index in [0.29, 0.717) is 17.2 Å². The first kappa shape index (κ1) is 5.16. The number of hydrogen-bond acceptors (Lipinski definition) is 4. The van der Waals surface area contributed by atoms with Crippen molar-refractivity contribution in [1.82, 2.24) is 9.61 Å². The van der Waals surface area contributed by atoms with Gasteiger partial charge in [0.25, 0.3) is 0 Å². The van der Waals surface area contributed by atoms with Crippen molar-refractivity contribution < 1.29 is 4.42 Å². The van der Waals surface area contributed by atoms with Crippen molar-refractivity contribution in [2.24, 2.45) is 0 Å². The largest absolute Gasteiger partial charge is 0.426 e. The topological polar surface area (TPSA) is 82.5 Å². The summed E-state index contributed by atoms with van der Waals surface area (Å²) in [7, 11) is 0. The van der Waals surface area contributed by atoms with Crippen molar-refractivity contribution in [3.63, 3.8) is 0 Å². The molecule has 2 heterocycles. The van der Waals surface area contributed by atoms with Crippen molar-refractivity contribution in [3.8, 4) is 0 Å². The molecule has 2 aromatic rings. The second-order valence-corrected chi connectivity index (χ2v) is 1.97. The number of aromatic nitrogens is 2. The number of fused-ring (bicyclic) bond motifs is 1. The Hall–Kier alpha value is -1.65. The van der Waals surface area contributed by atoms with Gasteiger partial charge < -0.3 is 15.9 Å². The van der Waals surface area contributed by atoms with Crippen LogP contribution in [0.5, 0.6) is 0 Å². The lowest BCUT2D eigenvalue weighted by molar-refractivity contribution is 0.601. The van der Waals surface area contributed by atoms with Gasteiger partial charge in [0.15, 0.2) is 5.82 Å². The standard InChI is InChI=1S/C5H6N4O/c6-3-1-4-9(5(3)7)8-2-10-4/h1-2H,6-7H2. The molecule has 0 saturated heterocycles. The van der Waals surface area contributed by atoms with Gasteiger partial charge in [0.05, 0.1) is 5.69 Å². The Kier molecular flexibility index (Phi) is 0.743. The molecule has 2 rings (SSSR count). The van der Waals surface area contributed by atoms with Crippen LogP contribution in [-0.2, 0) is 0 Å². The molecule has 0 saturated carbocycles. The predicted octanol–water partition coefficient (Wildman–Crippen LogP) is 0.0917. The Bertz CT molecular complexity index is 360. The van der Waals surface area contributed by atoms with Gasteiger partial charge in [-0.3, -0.25) is 0 Å². The number of nitrogens with two attached hydrogens (primary N) is 2. The molecule has 0 atom stereocenters. The molecule has 0 aliphatic carbocycles. The van der Waals surface area contributed by atoms with E-state index in [4.69, 9.17) is 15.9 Å². The van der Waals surface area contributed by atoms with Gasteiger partial charge in [-0.2, -0.15) is 4.52 Å². The number of nitrogen functional groups attached to an aromatic ring is 2. The third kappa shape index (κ3) is 0.439. The Labute approximate surface area is 56.2 Å². The van der Waals surface area contributed by atoms with E-state index in [2.05, 4.69) is 5.10 Å². The summed E-state index contributed by atoms with van der Waals surface area (Å²) in [6.07, 6.45) is 1.31. The zero-order valence-corrected chi connectivity index (χ0v) is 5.11. The first-order valence-corrected chi connectivity index (χ1v) is 2.75. The molecule has 2 aromatic heterocycles. The maximum absolute atomic E-state index is 5.50. The van der Waals surface area contributed by atoms with E-state index < -0.39 is 0 Å². The van der Waals surface area contributed by atoms with Gasteiger partial charge in [-0.25, -0.2) is 0 Å². The number of rotatable bonds is 0. The molecule has 4 N–H and O–H groups in total. The van der Waals surface area contributed by atoms with Crippen LogP contribution in [0.3, 0.4) is 0 Å². The van der Waals surface area contributed by atoms with Crippen LogP contribution in [0.15, 0.2) is 16.9 Å². The van der Waals surface area contributed by atoms with Crippen LogP contribution < -0.4 is 11.5 Å². The van der Waals surface area contributed by atoms with Gasteiger partial charge in [-0.15, -0.1) is 5.10 Å². The summed E-state index contributed by atoms with van der Waals surface area (Å²) in [5.41, 5.74) is 12.0. The molecule has 5 nitrogen and oxygen atoms in total. The van der Waals surface area contributed by atoms with Crippen LogP contribution in [0.4, 0.5) is 11.5 Å². The van der Waals surface area contributed by atoms with E-state index in [1.807, 2.05) is 0 Å². The van der Waals surface area contributed by atoms with Crippen LogP contribution in [0.1, 0.15) is 0 Å². The van der Waals surface area contributed by atoms with Crippen molar-refractivity contribution in [3.05, 3.63) is 12.5 Å². The third-order valence-electron chi connectivity index (χ3n) is 1.35. The average Bonchev–Trinajstić information content (AvgIpc) is 2.41. The number of anilines is 2. The highest BCUT2D eigenvalue weighted by Crippen LogP contribution is 2.18. The molecular weight excluding hydrogens is 132 g/mol. The fourth-order valence-electron chi connectivity index (χ4n) is 0.837. The van der Waals surface area contributed by atoms with E-state index >= 15 is 0 Å². The van der Waals surface area contributed by atoms with Crippen LogP contribution >= 0.6 is 0 Å². The zero-order valence-electron chi connectivity index (χ0n) is 5.11.